The number of H-pyrrole nitrogens is 1. The quantitative estimate of drug-likeness (QED) is 0.480. The summed E-state index contributed by atoms with van der Waals surface area (Å²) in [4.78, 5) is 40.3. The number of likely N-dealkylation sites (tertiary alicyclic amines) is 1. The lowest BCUT2D eigenvalue weighted by molar-refractivity contribution is 0.0695. The first kappa shape index (κ1) is 21.4. The number of nitrogens with two attached hydrogens (primary N) is 1. The number of aromatic carboxylic acids is 2. The monoisotopic (exact) mass is 415 g/mol. The molecule has 160 valence electrons. The number of carboxylic acid groups (broad SMARTS) is 2. The Morgan fingerprint density at radius 3 is 2.40 bits per heavy atom. The lowest BCUT2D eigenvalue weighted by Gasteiger charge is -2.26. The average molecular weight is 415 g/mol. The van der Waals surface area contributed by atoms with Crippen LogP contribution in [0.2, 0.25) is 0 Å². The van der Waals surface area contributed by atoms with Gasteiger partial charge in [-0.05, 0) is 38.4 Å². The number of para-hydroxylation sites is 1. The van der Waals surface area contributed by atoms with Crippen LogP contribution in [0.4, 0.5) is 5.82 Å². The second-order valence-electron chi connectivity index (χ2n) is 7.20. The molecule has 1 fully saturated rings. The number of rotatable bonds is 8. The van der Waals surface area contributed by atoms with Gasteiger partial charge in [0.05, 0.1) is 6.61 Å². The number of carbonyl (C=O) groups is 2. The van der Waals surface area contributed by atoms with Gasteiger partial charge >= 0.3 is 11.9 Å². The van der Waals surface area contributed by atoms with Crippen LogP contribution in [0, 0.1) is 0 Å². The lowest BCUT2D eigenvalue weighted by atomic mass is 9.94. The summed E-state index contributed by atoms with van der Waals surface area (Å²) in [6.07, 6.45) is 4.42. The molecule has 3 rings (SSSR count). The summed E-state index contributed by atoms with van der Waals surface area (Å²) in [6.45, 7) is 3.41. The molecule has 2 heterocycles. The van der Waals surface area contributed by atoms with E-state index in [0.717, 1.165) is 26.1 Å². The maximum atomic E-state index is 12.2. The summed E-state index contributed by atoms with van der Waals surface area (Å²) in [6, 6.07) is 6.45. The largest absolute Gasteiger partial charge is 0.493 e. The van der Waals surface area contributed by atoms with Gasteiger partial charge in [-0.3, -0.25) is 4.79 Å². The molecule has 1 aromatic heterocycles. The Morgan fingerprint density at radius 1 is 1.07 bits per heavy atom. The number of nitrogens with one attached hydrogen (secondary N) is 1. The van der Waals surface area contributed by atoms with E-state index in [1.165, 1.54) is 25.3 Å². The van der Waals surface area contributed by atoms with Crippen LogP contribution in [0.5, 0.6) is 5.75 Å². The van der Waals surface area contributed by atoms with Crippen LogP contribution in [-0.4, -0.2) is 58.3 Å². The molecule has 0 radical (unpaired) electrons. The van der Waals surface area contributed by atoms with Gasteiger partial charge in [0.15, 0.2) is 0 Å². The third kappa shape index (κ3) is 4.62. The smallest absolute Gasteiger partial charge is 0.342 e. The number of nitrogen functional groups attached to an aromatic ring is 1. The van der Waals surface area contributed by atoms with Crippen molar-refractivity contribution >= 4 is 17.8 Å². The van der Waals surface area contributed by atoms with Crippen LogP contribution in [0.3, 0.4) is 0 Å². The first-order chi connectivity index (χ1) is 14.4. The topological polar surface area (TPSA) is 146 Å². The molecule has 0 unspecified atom stereocenters. The van der Waals surface area contributed by atoms with E-state index in [4.69, 9.17) is 10.5 Å². The fourth-order valence-corrected chi connectivity index (χ4v) is 3.77. The van der Waals surface area contributed by atoms with Gasteiger partial charge in [-0.1, -0.05) is 24.6 Å². The third-order valence-electron chi connectivity index (χ3n) is 5.15. The number of ether oxygens (including phenoxy) is 1. The first-order valence-corrected chi connectivity index (χ1v) is 9.87. The number of aromatic nitrogens is 1. The molecule has 30 heavy (non-hydrogen) atoms. The molecular weight excluding hydrogens is 390 g/mol. The third-order valence-corrected chi connectivity index (χ3v) is 5.15. The lowest BCUT2D eigenvalue weighted by Crippen LogP contribution is -2.31. The van der Waals surface area contributed by atoms with Crippen molar-refractivity contribution in [1.82, 2.24) is 9.88 Å². The highest BCUT2D eigenvalue weighted by Crippen LogP contribution is 2.35. The molecule has 0 spiro atoms. The highest BCUT2D eigenvalue weighted by atomic mass is 16.5. The van der Waals surface area contributed by atoms with Crippen LogP contribution in [0.15, 0.2) is 29.1 Å². The number of carboxylic acids is 2. The van der Waals surface area contributed by atoms with Crippen molar-refractivity contribution < 1.29 is 24.5 Å². The number of hydrogen-bond acceptors (Lipinski definition) is 6. The van der Waals surface area contributed by atoms with Gasteiger partial charge in [0.1, 0.15) is 22.7 Å². The highest BCUT2D eigenvalue weighted by Gasteiger charge is 2.28. The van der Waals surface area contributed by atoms with E-state index >= 15 is 0 Å². The second kappa shape index (κ2) is 9.45. The van der Waals surface area contributed by atoms with Gasteiger partial charge in [0.25, 0.3) is 5.56 Å². The molecule has 5 N–H and O–H groups in total. The summed E-state index contributed by atoms with van der Waals surface area (Å²) in [5.41, 5.74) is 3.51. The zero-order valence-electron chi connectivity index (χ0n) is 16.5. The number of aromatic amines is 1. The van der Waals surface area contributed by atoms with E-state index in [1.807, 2.05) is 0 Å². The predicted molar refractivity (Wildman–Crippen MR) is 111 cm³/mol. The van der Waals surface area contributed by atoms with Gasteiger partial charge in [-0.15, -0.1) is 0 Å². The zero-order valence-corrected chi connectivity index (χ0v) is 16.5. The van der Waals surface area contributed by atoms with Crippen LogP contribution in [0.1, 0.15) is 46.4 Å². The summed E-state index contributed by atoms with van der Waals surface area (Å²) in [5, 5.41) is 19.2. The fraction of sp³-hybridized carbons (Fsp3) is 0.381. The van der Waals surface area contributed by atoms with Crippen molar-refractivity contribution in [3.63, 3.8) is 0 Å². The molecule has 1 aliphatic heterocycles. The molecule has 1 aliphatic rings. The molecular formula is C21H25N3O6. The fourth-order valence-electron chi connectivity index (χ4n) is 3.77. The van der Waals surface area contributed by atoms with Gasteiger partial charge in [-0.2, -0.15) is 0 Å². The van der Waals surface area contributed by atoms with Gasteiger partial charge in [0.2, 0.25) is 0 Å². The minimum absolute atomic E-state index is 0.197. The number of piperidine rings is 1. The molecule has 0 amide bonds. The van der Waals surface area contributed by atoms with E-state index < -0.39 is 34.4 Å². The van der Waals surface area contributed by atoms with Gasteiger partial charge in [-0.25, -0.2) is 9.59 Å². The summed E-state index contributed by atoms with van der Waals surface area (Å²) < 4.78 is 5.87. The number of benzene rings is 1. The number of anilines is 1. The predicted octanol–water partition coefficient (Wildman–Crippen LogP) is 2.28. The van der Waals surface area contributed by atoms with Crippen molar-refractivity contribution in [3.05, 3.63) is 45.7 Å². The molecule has 1 saturated heterocycles. The van der Waals surface area contributed by atoms with Crippen molar-refractivity contribution in [2.24, 2.45) is 0 Å². The zero-order chi connectivity index (χ0) is 21.7. The molecule has 9 heteroatoms. The van der Waals surface area contributed by atoms with E-state index in [-0.39, 0.29) is 11.1 Å². The van der Waals surface area contributed by atoms with Gasteiger partial charge < -0.3 is 30.6 Å². The molecule has 9 nitrogen and oxygen atoms in total. The summed E-state index contributed by atoms with van der Waals surface area (Å²) >= 11 is 0. The van der Waals surface area contributed by atoms with E-state index in [9.17, 15) is 24.6 Å². The van der Waals surface area contributed by atoms with Gasteiger partial charge in [0, 0.05) is 17.7 Å². The van der Waals surface area contributed by atoms with E-state index in [2.05, 4.69) is 9.88 Å². The Hall–Kier alpha value is -3.33. The molecule has 0 saturated carbocycles. The Labute approximate surface area is 173 Å². The van der Waals surface area contributed by atoms with Crippen LogP contribution in [0.25, 0.3) is 11.1 Å². The Bertz CT molecular complexity index is 995. The van der Waals surface area contributed by atoms with Crippen molar-refractivity contribution in [1.29, 1.82) is 0 Å². The Morgan fingerprint density at radius 2 is 1.73 bits per heavy atom. The minimum atomic E-state index is -1.55. The normalized spacial score (nSPS) is 14.4. The molecule has 0 atom stereocenters. The van der Waals surface area contributed by atoms with Crippen LogP contribution in [-0.2, 0) is 0 Å². The number of pyridine rings is 1. The van der Waals surface area contributed by atoms with Crippen molar-refractivity contribution in [2.75, 3.05) is 32.0 Å². The van der Waals surface area contributed by atoms with Crippen LogP contribution >= 0.6 is 0 Å². The molecule has 0 aliphatic carbocycles. The summed E-state index contributed by atoms with van der Waals surface area (Å²) in [7, 11) is 0. The molecule has 0 bridgehead atoms. The maximum Gasteiger partial charge on any atom is 0.342 e. The molecule has 1 aromatic carbocycles. The second-order valence-corrected chi connectivity index (χ2v) is 7.20. The number of nitrogens with zero attached hydrogens (tertiary/aromatic N) is 1. The minimum Gasteiger partial charge on any atom is -0.493 e. The standard InChI is InChI=1S/C21H25N3O6/c22-18-16(20(26)27)15(17(21(28)29)19(25)23-18)13-7-2-3-8-14(13)30-12-6-11-24-9-4-1-5-10-24/h2-3,7-8H,1,4-6,9-12H2,(H,26,27)(H,28,29)(H3,22,23,25). The maximum absolute atomic E-state index is 12.2. The summed E-state index contributed by atoms with van der Waals surface area (Å²) in [5.74, 6) is -3.10. The van der Waals surface area contributed by atoms with E-state index in [0.29, 0.717) is 12.4 Å². The van der Waals surface area contributed by atoms with Crippen molar-refractivity contribution in [2.45, 2.75) is 25.7 Å². The van der Waals surface area contributed by atoms with E-state index in [1.54, 1.807) is 18.2 Å². The Kier molecular flexibility index (Phi) is 6.73. The Balaban J connectivity index is 1.92. The SMILES string of the molecule is Nc1[nH]c(=O)c(C(=O)O)c(-c2ccccc2OCCCN2CCCCC2)c1C(=O)O. The van der Waals surface area contributed by atoms with Crippen molar-refractivity contribution in [3.8, 4) is 16.9 Å². The average Bonchev–Trinajstić information content (AvgIpc) is 2.71. The van der Waals surface area contributed by atoms with Crippen LogP contribution < -0.4 is 16.0 Å². The first-order valence-electron chi connectivity index (χ1n) is 9.87. The number of hydrogen-bond donors (Lipinski definition) is 4. The highest BCUT2D eigenvalue weighted by molar-refractivity contribution is 6.08. The molecule has 2 aromatic rings.